The van der Waals surface area contributed by atoms with Crippen molar-refractivity contribution in [3.8, 4) is 0 Å². The smallest absolute Gasteiger partial charge is 0.462 e. The highest BCUT2D eigenvalue weighted by atomic mass is 31.2. The summed E-state index contributed by atoms with van der Waals surface area (Å²) in [7, 11) is -4.29. The van der Waals surface area contributed by atoms with Crippen LogP contribution in [-0.2, 0) is 32.7 Å². The molecule has 0 saturated carbocycles. The number of hydrogen-bond acceptors (Lipinski definition) is 7. The van der Waals surface area contributed by atoms with Gasteiger partial charge in [-0.1, -0.05) is 197 Å². The van der Waals surface area contributed by atoms with Crippen molar-refractivity contribution in [1.82, 2.24) is 0 Å². The lowest BCUT2D eigenvalue weighted by atomic mass is 10.0. The molecule has 0 rings (SSSR count). The van der Waals surface area contributed by atoms with Gasteiger partial charge in [0, 0.05) is 12.8 Å². The SMILES string of the molecule is CC/C=C\C/C=C\C/C=C\CCCCCCCCCC(=O)OC(COC(=O)CCCCCCCCCCCCC/C=C\CCCCCCCCCC)COP(=O)(O)OCC. The first kappa shape index (κ1) is 58.0. The van der Waals surface area contributed by atoms with Crippen molar-refractivity contribution < 1.29 is 37.6 Å². The molecule has 0 aromatic carbocycles. The van der Waals surface area contributed by atoms with E-state index >= 15 is 0 Å². The number of carbonyl (C=O) groups excluding carboxylic acids is 2. The van der Waals surface area contributed by atoms with E-state index in [4.69, 9.17) is 18.5 Å². The van der Waals surface area contributed by atoms with Gasteiger partial charge in [-0.2, -0.15) is 0 Å². The maximum Gasteiger partial charge on any atom is 0.472 e. The van der Waals surface area contributed by atoms with Gasteiger partial charge >= 0.3 is 19.8 Å². The minimum atomic E-state index is -4.29. The molecular weight excluding hydrogens is 772 g/mol. The van der Waals surface area contributed by atoms with Crippen LogP contribution < -0.4 is 0 Å². The van der Waals surface area contributed by atoms with E-state index in [9.17, 15) is 19.0 Å². The normalized spacial score (nSPS) is 13.6. The molecule has 0 amide bonds. The Balaban J connectivity index is 3.97. The van der Waals surface area contributed by atoms with E-state index in [-0.39, 0.29) is 25.6 Å². The van der Waals surface area contributed by atoms with Crippen molar-refractivity contribution in [2.45, 2.75) is 245 Å². The number of carbonyl (C=O) groups is 2. The summed E-state index contributed by atoms with van der Waals surface area (Å²) < 4.78 is 32.8. The standard InChI is InChI=1S/C51H93O8P/c1-4-7-9-11-13-15-17-19-21-23-24-25-26-27-28-30-31-33-35-37-39-41-43-45-50(52)56-47-49(48-58-60(54,55)57-6-3)59-51(53)46-44-42-40-38-36-34-32-29-22-20-18-16-14-12-10-8-5-2/h8,10,14,16,20,22-24,49H,4-7,9,11-13,15,17-19,21,25-48H2,1-3H3,(H,54,55)/b10-8-,16-14-,22-20-,24-23-. The summed E-state index contributed by atoms with van der Waals surface area (Å²) in [5, 5.41) is 0. The average Bonchev–Trinajstić information content (AvgIpc) is 3.23. The fourth-order valence-corrected chi connectivity index (χ4v) is 7.75. The van der Waals surface area contributed by atoms with Crippen LogP contribution in [0.5, 0.6) is 0 Å². The van der Waals surface area contributed by atoms with E-state index in [1.54, 1.807) is 6.92 Å². The number of rotatable bonds is 46. The highest BCUT2D eigenvalue weighted by molar-refractivity contribution is 7.47. The topological polar surface area (TPSA) is 108 Å². The van der Waals surface area contributed by atoms with E-state index < -0.39 is 26.5 Å². The van der Waals surface area contributed by atoms with Crippen molar-refractivity contribution in [2.75, 3.05) is 19.8 Å². The van der Waals surface area contributed by atoms with Gasteiger partial charge < -0.3 is 14.4 Å². The molecule has 8 nitrogen and oxygen atoms in total. The maximum atomic E-state index is 12.6. The van der Waals surface area contributed by atoms with Gasteiger partial charge in [0.1, 0.15) is 6.61 Å². The first-order valence-electron chi connectivity index (χ1n) is 24.9. The van der Waals surface area contributed by atoms with Crippen molar-refractivity contribution in [3.05, 3.63) is 48.6 Å². The monoisotopic (exact) mass is 865 g/mol. The van der Waals surface area contributed by atoms with Gasteiger partial charge in [0.2, 0.25) is 0 Å². The second kappa shape index (κ2) is 46.5. The molecule has 0 heterocycles. The minimum Gasteiger partial charge on any atom is -0.462 e. The number of esters is 2. The second-order valence-corrected chi connectivity index (χ2v) is 17.9. The molecule has 0 spiro atoms. The Morgan fingerprint density at radius 1 is 0.467 bits per heavy atom. The van der Waals surface area contributed by atoms with E-state index in [0.717, 1.165) is 64.2 Å². The Kier molecular flexibility index (Phi) is 45.0. The highest BCUT2D eigenvalue weighted by Gasteiger charge is 2.25. The number of phosphoric ester groups is 1. The van der Waals surface area contributed by atoms with Crippen LogP contribution in [0.15, 0.2) is 48.6 Å². The van der Waals surface area contributed by atoms with E-state index in [1.807, 2.05) is 0 Å². The fourth-order valence-electron chi connectivity index (χ4n) is 6.99. The zero-order chi connectivity index (χ0) is 43.9. The number of hydrogen-bond donors (Lipinski definition) is 1. The van der Waals surface area contributed by atoms with Crippen molar-refractivity contribution >= 4 is 19.8 Å². The maximum absolute atomic E-state index is 12.6. The molecule has 0 aromatic heterocycles. The summed E-state index contributed by atoms with van der Waals surface area (Å²) in [6, 6.07) is 0. The largest absolute Gasteiger partial charge is 0.472 e. The van der Waals surface area contributed by atoms with Crippen molar-refractivity contribution in [3.63, 3.8) is 0 Å². The first-order valence-corrected chi connectivity index (χ1v) is 26.4. The molecule has 0 saturated heterocycles. The molecule has 0 aliphatic carbocycles. The Morgan fingerprint density at radius 3 is 1.30 bits per heavy atom. The summed E-state index contributed by atoms with van der Waals surface area (Å²) in [5.74, 6) is -0.804. The Hall–Kier alpha value is -1.99. The predicted octanol–water partition coefficient (Wildman–Crippen LogP) is 16.1. The van der Waals surface area contributed by atoms with Crippen LogP contribution in [0, 0.1) is 0 Å². The molecule has 60 heavy (non-hydrogen) atoms. The molecule has 0 aliphatic rings. The Labute approximate surface area is 369 Å². The van der Waals surface area contributed by atoms with E-state index in [0.29, 0.717) is 12.8 Å². The van der Waals surface area contributed by atoms with Gasteiger partial charge in [0.05, 0.1) is 13.2 Å². The Bertz CT molecular complexity index is 1120. The molecule has 0 aliphatic heterocycles. The molecule has 0 bridgehead atoms. The molecular formula is C51H93O8P. The number of phosphoric acid groups is 1. The predicted molar refractivity (Wildman–Crippen MR) is 253 cm³/mol. The summed E-state index contributed by atoms with van der Waals surface area (Å²) in [4.78, 5) is 34.9. The zero-order valence-corrected chi connectivity index (χ0v) is 40.0. The van der Waals surface area contributed by atoms with Crippen molar-refractivity contribution in [2.24, 2.45) is 0 Å². The summed E-state index contributed by atoms with van der Waals surface area (Å²) in [6.45, 7) is 5.38. The van der Waals surface area contributed by atoms with Gasteiger partial charge in [-0.15, -0.1) is 0 Å². The van der Waals surface area contributed by atoms with E-state index in [1.165, 1.54) is 135 Å². The summed E-state index contributed by atoms with van der Waals surface area (Å²) in [6.07, 6.45) is 56.0. The van der Waals surface area contributed by atoms with Crippen LogP contribution in [0.4, 0.5) is 0 Å². The van der Waals surface area contributed by atoms with Crippen LogP contribution >= 0.6 is 7.82 Å². The second-order valence-electron chi connectivity index (χ2n) is 16.4. The molecule has 0 fully saturated rings. The molecule has 0 aromatic rings. The molecule has 0 radical (unpaired) electrons. The van der Waals surface area contributed by atoms with Crippen LogP contribution in [0.1, 0.15) is 239 Å². The third-order valence-electron chi connectivity index (χ3n) is 10.6. The van der Waals surface area contributed by atoms with Crippen molar-refractivity contribution in [1.29, 1.82) is 0 Å². The first-order chi connectivity index (χ1) is 29.3. The Morgan fingerprint density at radius 2 is 0.850 bits per heavy atom. The molecule has 1 N–H and O–H groups in total. The van der Waals surface area contributed by atoms with Crippen LogP contribution in [0.2, 0.25) is 0 Å². The lowest BCUT2D eigenvalue weighted by molar-refractivity contribution is -0.161. The minimum absolute atomic E-state index is 0.00253. The quantitative estimate of drug-likeness (QED) is 0.0279. The van der Waals surface area contributed by atoms with Crippen LogP contribution in [0.3, 0.4) is 0 Å². The molecule has 350 valence electrons. The molecule has 2 atom stereocenters. The number of allylic oxidation sites excluding steroid dienone is 8. The lowest BCUT2D eigenvalue weighted by Gasteiger charge is -2.19. The number of unbranched alkanes of at least 4 members (excludes halogenated alkanes) is 26. The van der Waals surface area contributed by atoms with Gasteiger partial charge in [-0.05, 0) is 77.6 Å². The summed E-state index contributed by atoms with van der Waals surface area (Å²) in [5.41, 5.74) is 0. The average molecular weight is 865 g/mol. The number of ether oxygens (including phenoxy) is 2. The summed E-state index contributed by atoms with van der Waals surface area (Å²) >= 11 is 0. The highest BCUT2D eigenvalue weighted by Crippen LogP contribution is 2.43. The zero-order valence-electron chi connectivity index (χ0n) is 39.1. The third kappa shape index (κ3) is 45.5. The van der Waals surface area contributed by atoms with Gasteiger partial charge in [0.15, 0.2) is 6.10 Å². The van der Waals surface area contributed by atoms with Gasteiger partial charge in [-0.25, -0.2) is 4.57 Å². The lowest BCUT2D eigenvalue weighted by Crippen LogP contribution is -2.29. The van der Waals surface area contributed by atoms with Gasteiger partial charge in [-0.3, -0.25) is 18.6 Å². The molecule has 9 heteroatoms. The molecule has 2 unspecified atom stereocenters. The fraction of sp³-hybridized carbons (Fsp3) is 0.804. The third-order valence-corrected chi connectivity index (χ3v) is 11.7. The van der Waals surface area contributed by atoms with Crippen LogP contribution in [0.25, 0.3) is 0 Å². The van der Waals surface area contributed by atoms with E-state index in [2.05, 4.69) is 62.5 Å². The van der Waals surface area contributed by atoms with Crippen LogP contribution in [-0.4, -0.2) is 42.8 Å². The van der Waals surface area contributed by atoms with Gasteiger partial charge in [0.25, 0.3) is 0 Å².